The van der Waals surface area contributed by atoms with Crippen LogP contribution < -0.4 is 11.1 Å². The molecule has 0 saturated carbocycles. The maximum Gasteiger partial charge on any atom is 0.247 e. The van der Waals surface area contributed by atoms with Gasteiger partial charge in [-0.25, -0.2) is 9.67 Å². The highest BCUT2D eigenvalue weighted by molar-refractivity contribution is 5.89. The van der Waals surface area contributed by atoms with Gasteiger partial charge in [0.25, 0.3) is 0 Å². The normalized spacial score (nSPS) is 10.5. The van der Waals surface area contributed by atoms with Crippen molar-refractivity contribution in [3.05, 3.63) is 35.3 Å². The number of pyridine rings is 1. The van der Waals surface area contributed by atoms with Crippen molar-refractivity contribution in [1.82, 2.24) is 20.0 Å². The third kappa shape index (κ3) is 3.59. The Kier molecular flexibility index (Phi) is 3.86. The van der Waals surface area contributed by atoms with Crippen molar-refractivity contribution in [2.24, 2.45) is 5.73 Å². The molecule has 0 aromatic carbocycles. The zero-order chi connectivity index (χ0) is 13.8. The smallest absolute Gasteiger partial charge is 0.247 e. The molecule has 19 heavy (non-hydrogen) atoms. The van der Waals surface area contributed by atoms with Crippen molar-refractivity contribution in [3.8, 4) is 0 Å². The highest BCUT2D eigenvalue weighted by atomic mass is 16.2. The van der Waals surface area contributed by atoms with Gasteiger partial charge >= 0.3 is 0 Å². The van der Waals surface area contributed by atoms with E-state index in [4.69, 9.17) is 5.73 Å². The van der Waals surface area contributed by atoms with Crippen LogP contribution in [-0.4, -0.2) is 25.9 Å². The van der Waals surface area contributed by atoms with Gasteiger partial charge in [0.05, 0.1) is 11.9 Å². The summed E-state index contributed by atoms with van der Waals surface area (Å²) in [5.74, 6) is 0.340. The highest BCUT2D eigenvalue weighted by Gasteiger charge is 2.07. The molecule has 0 saturated heterocycles. The Labute approximate surface area is 110 Å². The predicted octanol–water partition coefficient (Wildman–Crippen LogP) is 0.387. The molecular formula is C12H16N6O. The minimum absolute atomic E-state index is 0.0850. The molecule has 100 valence electrons. The standard InChI is InChI=1S/C12H16N6O/c1-8-3-9(2)14-11(4-8)15-12(19)7-18-6-10(5-13)16-17-18/h3-4,6H,5,7,13H2,1-2H3,(H,14,15,19). The lowest BCUT2D eigenvalue weighted by Gasteiger charge is -2.06. The Bertz CT molecular complexity index is 571. The number of aryl methyl sites for hydroxylation is 2. The molecule has 0 aliphatic rings. The molecule has 0 aliphatic carbocycles. The second-order valence-electron chi connectivity index (χ2n) is 4.33. The summed E-state index contributed by atoms with van der Waals surface area (Å²) >= 11 is 0. The monoisotopic (exact) mass is 260 g/mol. The number of carbonyl (C=O) groups excluding carboxylic acids is 1. The Hall–Kier alpha value is -2.28. The quantitative estimate of drug-likeness (QED) is 0.828. The Morgan fingerprint density at radius 2 is 2.21 bits per heavy atom. The molecule has 2 aromatic heterocycles. The molecule has 0 radical (unpaired) electrons. The number of nitrogens with zero attached hydrogens (tertiary/aromatic N) is 4. The summed E-state index contributed by atoms with van der Waals surface area (Å²) in [6, 6.07) is 3.76. The molecule has 7 heteroatoms. The number of hydrogen-bond acceptors (Lipinski definition) is 5. The van der Waals surface area contributed by atoms with Crippen LogP contribution in [0.25, 0.3) is 0 Å². The first-order chi connectivity index (χ1) is 9.06. The van der Waals surface area contributed by atoms with E-state index in [0.717, 1.165) is 11.3 Å². The summed E-state index contributed by atoms with van der Waals surface area (Å²) in [6.07, 6.45) is 1.65. The maximum atomic E-state index is 11.8. The van der Waals surface area contributed by atoms with E-state index in [9.17, 15) is 4.79 Å². The number of nitrogens with one attached hydrogen (secondary N) is 1. The molecule has 0 atom stereocenters. The number of rotatable bonds is 4. The molecule has 0 unspecified atom stereocenters. The van der Waals surface area contributed by atoms with Gasteiger partial charge in [-0.2, -0.15) is 0 Å². The van der Waals surface area contributed by atoms with Crippen LogP contribution in [0.2, 0.25) is 0 Å². The zero-order valence-electron chi connectivity index (χ0n) is 10.9. The first kappa shape index (κ1) is 13.2. The first-order valence-electron chi connectivity index (χ1n) is 5.91. The molecular weight excluding hydrogens is 244 g/mol. The van der Waals surface area contributed by atoms with Crippen molar-refractivity contribution >= 4 is 11.7 Å². The van der Waals surface area contributed by atoms with Gasteiger partial charge in [0.2, 0.25) is 5.91 Å². The van der Waals surface area contributed by atoms with Crippen LogP contribution >= 0.6 is 0 Å². The number of carbonyl (C=O) groups is 1. The molecule has 3 N–H and O–H groups in total. The van der Waals surface area contributed by atoms with Gasteiger partial charge in [-0.3, -0.25) is 4.79 Å². The van der Waals surface area contributed by atoms with Crippen molar-refractivity contribution < 1.29 is 4.79 Å². The summed E-state index contributed by atoms with van der Waals surface area (Å²) in [5, 5.41) is 10.4. The minimum Gasteiger partial charge on any atom is -0.325 e. The molecule has 7 nitrogen and oxygen atoms in total. The van der Waals surface area contributed by atoms with E-state index in [1.165, 1.54) is 4.68 Å². The second kappa shape index (κ2) is 5.57. The van der Waals surface area contributed by atoms with Crippen LogP contribution in [0.1, 0.15) is 17.0 Å². The van der Waals surface area contributed by atoms with Crippen LogP contribution in [0, 0.1) is 13.8 Å². The lowest BCUT2D eigenvalue weighted by atomic mass is 10.2. The van der Waals surface area contributed by atoms with E-state index in [2.05, 4.69) is 20.6 Å². The number of hydrogen-bond donors (Lipinski definition) is 2. The van der Waals surface area contributed by atoms with E-state index in [0.29, 0.717) is 18.1 Å². The highest BCUT2D eigenvalue weighted by Crippen LogP contribution is 2.08. The fraction of sp³-hybridized carbons (Fsp3) is 0.333. The molecule has 0 spiro atoms. The lowest BCUT2D eigenvalue weighted by Crippen LogP contribution is -2.20. The average Bonchev–Trinajstić information content (AvgIpc) is 2.74. The van der Waals surface area contributed by atoms with Gasteiger partial charge in [-0.15, -0.1) is 5.10 Å². The fourth-order valence-corrected chi connectivity index (χ4v) is 1.74. The predicted molar refractivity (Wildman–Crippen MR) is 70.3 cm³/mol. The van der Waals surface area contributed by atoms with Gasteiger partial charge in [0.15, 0.2) is 0 Å². The zero-order valence-corrected chi connectivity index (χ0v) is 10.9. The van der Waals surface area contributed by atoms with Crippen molar-refractivity contribution in [2.75, 3.05) is 5.32 Å². The number of amides is 1. The van der Waals surface area contributed by atoms with E-state index in [1.54, 1.807) is 6.20 Å². The number of nitrogens with two attached hydrogens (primary N) is 1. The topological polar surface area (TPSA) is 98.7 Å². The summed E-state index contributed by atoms with van der Waals surface area (Å²) in [6.45, 7) is 4.23. The Morgan fingerprint density at radius 3 is 2.84 bits per heavy atom. The molecule has 2 aromatic rings. The summed E-state index contributed by atoms with van der Waals surface area (Å²) < 4.78 is 1.44. The van der Waals surface area contributed by atoms with Crippen LogP contribution in [0.4, 0.5) is 5.82 Å². The Morgan fingerprint density at radius 1 is 1.42 bits per heavy atom. The van der Waals surface area contributed by atoms with Crippen LogP contribution in [0.5, 0.6) is 0 Å². The maximum absolute atomic E-state index is 11.8. The van der Waals surface area contributed by atoms with Crippen molar-refractivity contribution in [2.45, 2.75) is 26.9 Å². The average molecular weight is 260 g/mol. The number of anilines is 1. The van der Waals surface area contributed by atoms with Crippen molar-refractivity contribution in [3.63, 3.8) is 0 Å². The first-order valence-corrected chi connectivity index (χ1v) is 5.91. The second-order valence-corrected chi connectivity index (χ2v) is 4.33. The van der Waals surface area contributed by atoms with Crippen LogP contribution in [-0.2, 0) is 17.9 Å². The van der Waals surface area contributed by atoms with E-state index >= 15 is 0 Å². The van der Waals surface area contributed by atoms with Gasteiger partial charge in [0, 0.05) is 12.2 Å². The number of aromatic nitrogens is 4. The third-order valence-electron chi connectivity index (χ3n) is 2.47. The van der Waals surface area contributed by atoms with Gasteiger partial charge in [0.1, 0.15) is 12.4 Å². The minimum atomic E-state index is -0.203. The van der Waals surface area contributed by atoms with Crippen LogP contribution in [0.3, 0.4) is 0 Å². The van der Waals surface area contributed by atoms with Gasteiger partial charge in [-0.05, 0) is 31.5 Å². The summed E-state index contributed by atoms with van der Waals surface area (Å²) in [7, 11) is 0. The van der Waals surface area contributed by atoms with Crippen molar-refractivity contribution in [1.29, 1.82) is 0 Å². The largest absolute Gasteiger partial charge is 0.325 e. The third-order valence-corrected chi connectivity index (χ3v) is 2.47. The van der Waals surface area contributed by atoms with Gasteiger partial charge < -0.3 is 11.1 Å². The Balaban J connectivity index is 2.00. The molecule has 0 bridgehead atoms. The summed E-state index contributed by atoms with van der Waals surface area (Å²) in [5.41, 5.74) is 7.99. The van der Waals surface area contributed by atoms with E-state index in [-0.39, 0.29) is 12.5 Å². The SMILES string of the molecule is Cc1cc(C)nc(NC(=O)Cn2cc(CN)nn2)c1. The lowest BCUT2D eigenvalue weighted by molar-refractivity contribution is -0.116. The molecule has 0 aliphatic heterocycles. The van der Waals surface area contributed by atoms with Crippen LogP contribution in [0.15, 0.2) is 18.3 Å². The molecule has 1 amide bonds. The summed E-state index contributed by atoms with van der Waals surface area (Å²) in [4.78, 5) is 16.1. The molecule has 2 rings (SSSR count). The fourth-order valence-electron chi connectivity index (χ4n) is 1.74. The van der Waals surface area contributed by atoms with E-state index in [1.807, 2.05) is 26.0 Å². The molecule has 0 fully saturated rings. The van der Waals surface area contributed by atoms with Gasteiger partial charge in [-0.1, -0.05) is 5.21 Å². The van der Waals surface area contributed by atoms with E-state index < -0.39 is 0 Å². The molecule has 2 heterocycles.